The minimum atomic E-state index is -0.792. The van der Waals surface area contributed by atoms with Gasteiger partial charge in [0, 0.05) is 56.3 Å². The zero-order valence-corrected chi connectivity index (χ0v) is 55.2. The van der Waals surface area contributed by atoms with E-state index in [0.29, 0.717) is 25.7 Å². The first-order chi connectivity index (χ1) is 39.2. The molecule has 0 aliphatic heterocycles. The van der Waals surface area contributed by atoms with Gasteiger partial charge in [-0.1, -0.05) is 41.5 Å². The molecule has 0 aromatic carbocycles. The van der Waals surface area contributed by atoms with Crippen molar-refractivity contribution in [2.45, 2.75) is 277 Å². The number of carbonyl (C=O) groups excluding carboxylic acids is 6. The fourth-order valence-corrected chi connectivity index (χ4v) is 19.6. The van der Waals surface area contributed by atoms with E-state index in [1.54, 1.807) is 0 Å². The van der Waals surface area contributed by atoms with Crippen molar-refractivity contribution in [2.24, 2.45) is 109 Å². The lowest BCUT2D eigenvalue weighted by Crippen LogP contribution is -2.64. The summed E-state index contributed by atoms with van der Waals surface area (Å²) >= 11 is 0. The SMILES string of the molecule is CC(=O)O[C@@H]1CC[C@@]2(C)[C@@H](C1)C[C@@H](OC(C)=O)[C@@H]1[C@@H]2C[C@H](OC(C)=O)[C@]2(C)[C@@H]([C@H](C)CCC(=O)O)CC[C@@H]12.C[C@H](CCC(=O)O)[C@H]1CCC2C3C(C[C@H](OC(=O)C(C)(C)C)[C@@]21C)[C@@]1(C)CC[C@@H](OC(=O)C(C)(C)C)C[C@H]1C[C@H]3OC(=O)C(C)(C)C. The van der Waals surface area contributed by atoms with Crippen molar-refractivity contribution in [2.75, 3.05) is 0 Å². The first-order valence-corrected chi connectivity index (χ1v) is 32.8. The number of hydrogen-bond acceptors (Lipinski definition) is 14. The first kappa shape index (κ1) is 68.3. The van der Waals surface area contributed by atoms with Gasteiger partial charge in [0.15, 0.2) is 0 Å². The summed E-state index contributed by atoms with van der Waals surface area (Å²) in [5.74, 6) is -0.898. The molecule has 0 radical (unpaired) electrons. The number of ether oxygens (including phenoxy) is 6. The Bertz CT molecular complexity index is 2480. The van der Waals surface area contributed by atoms with Crippen LogP contribution in [0, 0.1) is 109 Å². The van der Waals surface area contributed by atoms with Crippen molar-refractivity contribution < 1.29 is 77.0 Å². The number of esters is 6. The molecular weight excluding hydrogens is 1080 g/mol. The zero-order chi connectivity index (χ0) is 63.5. The van der Waals surface area contributed by atoms with Gasteiger partial charge >= 0.3 is 47.8 Å². The number of carboxylic acid groups (broad SMARTS) is 2. The highest BCUT2D eigenvalue weighted by molar-refractivity contribution is 5.77. The molecule has 0 bridgehead atoms. The average Bonchev–Trinajstić information content (AvgIpc) is 1.80. The molecule has 16 nitrogen and oxygen atoms in total. The maximum absolute atomic E-state index is 13.6. The van der Waals surface area contributed by atoms with E-state index in [-0.39, 0.29) is 178 Å². The van der Waals surface area contributed by atoms with E-state index in [4.69, 9.17) is 28.4 Å². The highest BCUT2D eigenvalue weighted by Gasteiger charge is 2.70. The highest BCUT2D eigenvalue weighted by Crippen LogP contribution is 2.72. The predicted octanol–water partition coefficient (Wildman–Crippen LogP) is 13.4. The van der Waals surface area contributed by atoms with Crippen LogP contribution in [-0.4, -0.2) is 94.6 Å². The van der Waals surface area contributed by atoms with Crippen LogP contribution in [0.15, 0.2) is 0 Å². The molecule has 0 heterocycles. The number of carbonyl (C=O) groups is 8. The van der Waals surface area contributed by atoms with E-state index in [2.05, 4.69) is 41.5 Å². The molecule has 16 heteroatoms. The van der Waals surface area contributed by atoms with Crippen LogP contribution in [-0.2, 0) is 66.8 Å². The smallest absolute Gasteiger partial charge is 0.311 e. The third kappa shape index (κ3) is 14.0. The molecule has 0 spiro atoms. The van der Waals surface area contributed by atoms with Gasteiger partial charge in [-0.05, 0) is 235 Å². The van der Waals surface area contributed by atoms with Gasteiger partial charge < -0.3 is 38.6 Å². The Hall–Kier alpha value is -4.24. The van der Waals surface area contributed by atoms with Crippen molar-refractivity contribution >= 4 is 47.8 Å². The van der Waals surface area contributed by atoms with Crippen molar-refractivity contribution in [3.05, 3.63) is 0 Å². The Morgan fingerprint density at radius 3 is 1.16 bits per heavy atom. The molecule has 0 aromatic rings. The minimum absolute atomic E-state index is 0.0370. The normalized spacial score (nSPS) is 40.0. The zero-order valence-electron chi connectivity index (χ0n) is 55.2. The standard InChI is InChI=1S/C39H64O8.C30H46O8/c1-22(13-16-30(40)41)25-14-15-26-31-27(21-29(39(25,26)12)47-34(44)37(8,9)10)38(11)18-17-24(45-32(42)35(2,3)4)19-23(38)20-28(31)46-33(43)36(5,6)7;1-16(7-10-27(34)35)22-8-9-23-28-24(15-26(30(22,23)6)38-19(4)33)29(5)12-11-21(36-17(2)31)13-20(29)14-25(28)37-18(3)32/h22-29,31H,13-21H2,1-12H3,(H,40,41);16,20-26,28H,7-15H2,1-6H3,(H,34,35)/t22-,23+,24-,25-,26?,27?,28-,29+,31?,38+,39-;16-,20+,21-,22-,23+,24+,25-,26+,28+,29+,30-/m11/s1. The van der Waals surface area contributed by atoms with Gasteiger partial charge in [0.2, 0.25) is 0 Å². The van der Waals surface area contributed by atoms with Crippen molar-refractivity contribution in [3.8, 4) is 0 Å². The van der Waals surface area contributed by atoms with E-state index in [0.717, 1.165) is 77.0 Å². The molecule has 85 heavy (non-hydrogen) atoms. The van der Waals surface area contributed by atoms with E-state index in [9.17, 15) is 48.6 Å². The molecule has 3 unspecified atom stereocenters. The quantitative estimate of drug-likeness (QED) is 0.122. The third-order valence-corrected chi connectivity index (χ3v) is 24.1. The number of aliphatic carboxylic acids is 2. The van der Waals surface area contributed by atoms with Gasteiger partial charge in [0.1, 0.15) is 36.6 Å². The molecule has 0 aromatic heterocycles. The Morgan fingerprint density at radius 1 is 0.435 bits per heavy atom. The third-order valence-electron chi connectivity index (χ3n) is 24.1. The Kier molecular flexibility index (Phi) is 20.3. The molecule has 8 rings (SSSR count). The molecule has 2 N–H and O–H groups in total. The van der Waals surface area contributed by atoms with Gasteiger partial charge in [-0.3, -0.25) is 38.4 Å². The predicted molar refractivity (Wildman–Crippen MR) is 319 cm³/mol. The molecule has 482 valence electrons. The van der Waals surface area contributed by atoms with Crippen LogP contribution in [0.3, 0.4) is 0 Å². The lowest BCUT2D eigenvalue weighted by Gasteiger charge is -2.64. The molecular formula is C69H110O16. The summed E-state index contributed by atoms with van der Waals surface area (Å²) in [6, 6.07) is 0. The Labute approximate surface area is 508 Å². The average molecular weight is 1200 g/mol. The molecule has 0 amide bonds. The van der Waals surface area contributed by atoms with Crippen LogP contribution < -0.4 is 0 Å². The summed E-state index contributed by atoms with van der Waals surface area (Å²) in [6.45, 7) is 34.9. The maximum atomic E-state index is 13.6. The van der Waals surface area contributed by atoms with Crippen molar-refractivity contribution in [1.82, 2.24) is 0 Å². The van der Waals surface area contributed by atoms with Crippen molar-refractivity contribution in [3.63, 3.8) is 0 Å². The Balaban J connectivity index is 0.000000249. The van der Waals surface area contributed by atoms with Gasteiger partial charge in [0.25, 0.3) is 0 Å². The van der Waals surface area contributed by atoms with Gasteiger partial charge in [0.05, 0.1) is 16.2 Å². The van der Waals surface area contributed by atoms with Crippen LogP contribution >= 0.6 is 0 Å². The monoisotopic (exact) mass is 1190 g/mol. The molecule has 22 atom stereocenters. The fraction of sp³-hybridized carbons (Fsp3) is 0.884. The summed E-state index contributed by atoms with van der Waals surface area (Å²) in [6.07, 6.45) is 11.5. The molecule has 8 aliphatic rings. The van der Waals surface area contributed by atoms with Crippen LogP contribution in [0.5, 0.6) is 0 Å². The van der Waals surface area contributed by atoms with Gasteiger partial charge in [-0.15, -0.1) is 0 Å². The fourth-order valence-electron chi connectivity index (χ4n) is 19.6. The lowest BCUT2D eigenvalue weighted by atomic mass is 9.43. The number of rotatable bonds is 14. The summed E-state index contributed by atoms with van der Waals surface area (Å²) in [5.41, 5.74) is -2.73. The van der Waals surface area contributed by atoms with E-state index < -0.39 is 28.2 Å². The largest absolute Gasteiger partial charge is 0.481 e. The Morgan fingerprint density at radius 2 is 0.788 bits per heavy atom. The van der Waals surface area contributed by atoms with E-state index >= 15 is 0 Å². The molecule has 0 saturated heterocycles. The molecule has 8 saturated carbocycles. The van der Waals surface area contributed by atoms with Gasteiger partial charge in [-0.2, -0.15) is 0 Å². The first-order valence-electron chi connectivity index (χ1n) is 32.8. The summed E-state index contributed by atoms with van der Waals surface area (Å²) in [7, 11) is 0. The minimum Gasteiger partial charge on any atom is -0.481 e. The number of hydrogen-bond donors (Lipinski definition) is 2. The van der Waals surface area contributed by atoms with Gasteiger partial charge in [-0.25, -0.2) is 0 Å². The van der Waals surface area contributed by atoms with E-state index in [1.807, 2.05) is 62.3 Å². The summed E-state index contributed by atoms with van der Waals surface area (Å²) in [4.78, 5) is 99.4. The second-order valence-electron chi connectivity index (χ2n) is 32.5. The second kappa shape index (κ2) is 25.3. The highest BCUT2D eigenvalue weighted by atomic mass is 16.6. The molecule has 8 fully saturated rings. The summed E-state index contributed by atoms with van der Waals surface area (Å²) in [5, 5.41) is 18.8. The molecule has 8 aliphatic carbocycles. The number of fused-ring (bicyclic) bond motifs is 10. The van der Waals surface area contributed by atoms with E-state index in [1.165, 1.54) is 20.8 Å². The summed E-state index contributed by atoms with van der Waals surface area (Å²) < 4.78 is 37.1. The number of carboxylic acids is 2. The second-order valence-corrected chi connectivity index (χ2v) is 32.5. The lowest BCUT2D eigenvalue weighted by molar-refractivity contribution is -0.230. The topological polar surface area (TPSA) is 232 Å². The van der Waals surface area contributed by atoms with Crippen LogP contribution in [0.25, 0.3) is 0 Å². The van der Waals surface area contributed by atoms with Crippen LogP contribution in [0.2, 0.25) is 0 Å². The van der Waals surface area contributed by atoms with Crippen molar-refractivity contribution in [1.29, 1.82) is 0 Å². The van der Waals surface area contributed by atoms with Crippen LogP contribution in [0.1, 0.15) is 240 Å². The maximum Gasteiger partial charge on any atom is 0.311 e. The van der Waals surface area contributed by atoms with Crippen LogP contribution in [0.4, 0.5) is 0 Å².